The van der Waals surface area contributed by atoms with Crippen LogP contribution in [-0.4, -0.2) is 7.11 Å². The first-order valence-corrected chi connectivity index (χ1v) is 6.02. The summed E-state index contributed by atoms with van der Waals surface area (Å²) in [6.45, 7) is 3.53. The second kappa shape index (κ2) is 5.30. The molecule has 0 fully saturated rings. The molecule has 0 atom stereocenters. The molecule has 4 heteroatoms. The summed E-state index contributed by atoms with van der Waals surface area (Å²) in [5.41, 5.74) is 1.77. The van der Waals surface area contributed by atoms with Crippen molar-refractivity contribution >= 4 is 0 Å². The van der Waals surface area contributed by atoms with Crippen LogP contribution in [0.5, 0.6) is 5.75 Å². The summed E-state index contributed by atoms with van der Waals surface area (Å²) in [5, 5.41) is 8.73. The van der Waals surface area contributed by atoms with Crippen molar-refractivity contribution in [2.75, 3.05) is 7.11 Å². The summed E-state index contributed by atoms with van der Waals surface area (Å²) in [4.78, 5) is 0. The maximum Gasteiger partial charge on any atom is 0.135 e. The molecule has 20 heavy (non-hydrogen) atoms. The fraction of sp³-hybridized carbons (Fsp3) is 0.188. The molecule has 2 aromatic carbocycles. The second-order valence-electron chi connectivity index (χ2n) is 4.56. The number of nitriles is 1. The topological polar surface area (TPSA) is 33.0 Å². The lowest BCUT2D eigenvalue weighted by atomic mass is 9.94. The van der Waals surface area contributed by atoms with Crippen molar-refractivity contribution in [3.63, 3.8) is 0 Å². The zero-order valence-corrected chi connectivity index (χ0v) is 11.4. The minimum absolute atomic E-state index is 0.0347. The van der Waals surface area contributed by atoms with E-state index in [-0.39, 0.29) is 11.1 Å². The van der Waals surface area contributed by atoms with Gasteiger partial charge in [0, 0.05) is 0 Å². The Morgan fingerprint density at radius 3 is 1.85 bits per heavy atom. The number of rotatable bonds is 2. The molecule has 0 amide bonds. The highest BCUT2D eigenvalue weighted by Gasteiger charge is 2.18. The van der Waals surface area contributed by atoms with Crippen molar-refractivity contribution in [3.8, 4) is 22.9 Å². The normalized spacial score (nSPS) is 10.2. The lowest BCUT2D eigenvalue weighted by Crippen LogP contribution is -1.98. The van der Waals surface area contributed by atoms with E-state index in [2.05, 4.69) is 0 Å². The predicted octanol–water partition coefficient (Wildman–Crippen LogP) is 4.13. The van der Waals surface area contributed by atoms with Gasteiger partial charge in [0.1, 0.15) is 17.4 Å². The van der Waals surface area contributed by atoms with E-state index in [0.29, 0.717) is 22.4 Å². The van der Waals surface area contributed by atoms with Gasteiger partial charge in [0.2, 0.25) is 0 Å². The van der Waals surface area contributed by atoms with E-state index >= 15 is 0 Å². The standard InChI is InChI=1S/C16H13F2NO/c1-9-4-12(20-3)5-10(2)15(9)16-13(17)6-11(8-19)7-14(16)18/h4-7H,1-3H3. The first-order chi connectivity index (χ1) is 9.47. The van der Waals surface area contributed by atoms with E-state index in [0.717, 1.165) is 12.1 Å². The van der Waals surface area contributed by atoms with Crippen molar-refractivity contribution in [2.24, 2.45) is 0 Å². The molecule has 0 saturated carbocycles. The smallest absolute Gasteiger partial charge is 0.135 e. The van der Waals surface area contributed by atoms with E-state index < -0.39 is 11.6 Å². The van der Waals surface area contributed by atoms with Crippen LogP contribution in [0.2, 0.25) is 0 Å². The average molecular weight is 273 g/mol. The first kappa shape index (κ1) is 14.0. The van der Waals surface area contributed by atoms with Gasteiger partial charge >= 0.3 is 0 Å². The molecule has 2 nitrogen and oxygen atoms in total. The molecule has 0 bridgehead atoms. The molecule has 0 aliphatic heterocycles. The lowest BCUT2D eigenvalue weighted by molar-refractivity contribution is 0.414. The van der Waals surface area contributed by atoms with Crippen LogP contribution in [0.4, 0.5) is 8.78 Å². The van der Waals surface area contributed by atoms with Gasteiger partial charge in [-0.05, 0) is 54.8 Å². The number of benzene rings is 2. The van der Waals surface area contributed by atoms with Gasteiger partial charge in [-0.3, -0.25) is 0 Å². The molecule has 0 saturated heterocycles. The van der Waals surface area contributed by atoms with E-state index in [1.807, 2.05) is 0 Å². The Labute approximate surface area is 116 Å². The minimum Gasteiger partial charge on any atom is -0.497 e. The molecule has 102 valence electrons. The number of nitrogens with zero attached hydrogens (tertiary/aromatic N) is 1. The molecular formula is C16H13F2NO. The number of hydrogen-bond acceptors (Lipinski definition) is 2. The summed E-state index contributed by atoms with van der Waals surface area (Å²) < 4.78 is 33.3. The van der Waals surface area contributed by atoms with E-state index in [4.69, 9.17) is 10.00 Å². The van der Waals surface area contributed by atoms with Crippen molar-refractivity contribution in [1.82, 2.24) is 0 Å². The number of methoxy groups -OCH3 is 1. The van der Waals surface area contributed by atoms with Gasteiger partial charge in [-0.2, -0.15) is 5.26 Å². The molecule has 0 spiro atoms. The molecule has 0 aromatic heterocycles. The predicted molar refractivity (Wildman–Crippen MR) is 72.5 cm³/mol. The molecule has 0 aliphatic rings. The fourth-order valence-corrected chi connectivity index (χ4v) is 2.31. The van der Waals surface area contributed by atoms with Gasteiger partial charge in [0.15, 0.2) is 0 Å². The quantitative estimate of drug-likeness (QED) is 0.824. The Bertz CT molecular complexity index is 671. The van der Waals surface area contributed by atoms with Crippen molar-refractivity contribution in [2.45, 2.75) is 13.8 Å². The monoisotopic (exact) mass is 273 g/mol. The second-order valence-corrected chi connectivity index (χ2v) is 4.56. The Morgan fingerprint density at radius 1 is 0.950 bits per heavy atom. The van der Waals surface area contributed by atoms with Crippen LogP contribution in [0.15, 0.2) is 24.3 Å². The average Bonchev–Trinajstić information content (AvgIpc) is 2.40. The molecule has 0 unspecified atom stereocenters. The summed E-state index contributed by atoms with van der Waals surface area (Å²) in [6.07, 6.45) is 0. The Kier molecular flexibility index (Phi) is 3.71. The van der Waals surface area contributed by atoms with E-state index in [1.54, 1.807) is 32.0 Å². The van der Waals surface area contributed by atoms with Crippen LogP contribution in [0.3, 0.4) is 0 Å². The molecular weight excluding hydrogens is 260 g/mol. The molecule has 0 N–H and O–H groups in total. The summed E-state index contributed by atoms with van der Waals surface area (Å²) in [5.74, 6) is -0.839. The summed E-state index contributed by atoms with van der Waals surface area (Å²) in [6, 6.07) is 7.26. The summed E-state index contributed by atoms with van der Waals surface area (Å²) >= 11 is 0. The molecule has 0 heterocycles. The zero-order valence-electron chi connectivity index (χ0n) is 11.4. The maximum atomic E-state index is 14.1. The number of halogens is 2. The van der Waals surface area contributed by atoms with Crippen molar-refractivity contribution in [1.29, 1.82) is 5.26 Å². The van der Waals surface area contributed by atoms with Crippen LogP contribution in [0, 0.1) is 36.8 Å². The van der Waals surface area contributed by atoms with Gasteiger partial charge in [-0.15, -0.1) is 0 Å². The lowest BCUT2D eigenvalue weighted by Gasteiger charge is -2.14. The highest BCUT2D eigenvalue weighted by atomic mass is 19.1. The van der Waals surface area contributed by atoms with Crippen LogP contribution >= 0.6 is 0 Å². The Morgan fingerprint density at radius 2 is 1.45 bits per heavy atom. The highest BCUT2D eigenvalue weighted by Crippen LogP contribution is 2.34. The maximum absolute atomic E-state index is 14.1. The van der Waals surface area contributed by atoms with Gasteiger partial charge in [0.25, 0.3) is 0 Å². The third kappa shape index (κ3) is 2.35. The van der Waals surface area contributed by atoms with E-state index in [9.17, 15) is 8.78 Å². The van der Waals surface area contributed by atoms with Crippen LogP contribution in [-0.2, 0) is 0 Å². The minimum atomic E-state index is -0.738. The number of hydrogen-bond donors (Lipinski definition) is 0. The first-order valence-electron chi connectivity index (χ1n) is 6.02. The van der Waals surface area contributed by atoms with Gasteiger partial charge in [-0.1, -0.05) is 0 Å². The Balaban J connectivity index is 2.73. The highest BCUT2D eigenvalue weighted by molar-refractivity contribution is 5.73. The largest absolute Gasteiger partial charge is 0.497 e. The third-order valence-electron chi connectivity index (χ3n) is 3.16. The van der Waals surface area contributed by atoms with Crippen LogP contribution in [0.1, 0.15) is 16.7 Å². The zero-order chi connectivity index (χ0) is 14.9. The van der Waals surface area contributed by atoms with Gasteiger partial charge in [-0.25, -0.2) is 8.78 Å². The molecule has 2 rings (SSSR count). The fourth-order valence-electron chi connectivity index (χ4n) is 2.31. The summed E-state index contributed by atoms with van der Waals surface area (Å²) in [7, 11) is 1.54. The van der Waals surface area contributed by atoms with E-state index in [1.165, 1.54) is 7.11 Å². The van der Waals surface area contributed by atoms with Crippen LogP contribution in [0.25, 0.3) is 11.1 Å². The van der Waals surface area contributed by atoms with Gasteiger partial charge in [0.05, 0.1) is 24.3 Å². The van der Waals surface area contributed by atoms with Crippen molar-refractivity contribution < 1.29 is 13.5 Å². The molecule has 0 aliphatic carbocycles. The van der Waals surface area contributed by atoms with Gasteiger partial charge < -0.3 is 4.74 Å². The number of aryl methyl sites for hydroxylation is 2. The van der Waals surface area contributed by atoms with Crippen LogP contribution < -0.4 is 4.74 Å². The number of ether oxygens (including phenoxy) is 1. The SMILES string of the molecule is COc1cc(C)c(-c2c(F)cc(C#N)cc2F)c(C)c1. The molecule has 0 radical (unpaired) electrons. The third-order valence-corrected chi connectivity index (χ3v) is 3.16. The van der Waals surface area contributed by atoms with Crippen molar-refractivity contribution in [3.05, 3.63) is 52.6 Å². The molecule has 2 aromatic rings. The Hall–Kier alpha value is -2.41.